The molecule has 94 valence electrons. The van der Waals surface area contributed by atoms with E-state index in [0.717, 1.165) is 51.7 Å². The number of hydrogen-bond acceptors (Lipinski definition) is 3. The van der Waals surface area contributed by atoms with E-state index in [0.29, 0.717) is 0 Å². The number of aliphatic hydroxyl groups is 1. The maximum Gasteiger partial charge on any atom is 0.168 e. The average Bonchev–Trinajstić information content (AvgIpc) is 2.35. The van der Waals surface area contributed by atoms with Gasteiger partial charge in [-0.05, 0) is 25.7 Å². The van der Waals surface area contributed by atoms with E-state index < -0.39 is 0 Å². The average molecular weight is 228 g/mol. The van der Waals surface area contributed by atoms with Gasteiger partial charge < -0.3 is 14.6 Å². The van der Waals surface area contributed by atoms with Crippen LogP contribution >= 0.6 is 0 Å². The predicted molar refractivity (Wildman–Crippen MR) is 62.1 cm³/mol. The second kappa shape index (κ2) is 4.63. The van der Waals surface area contributed by atoms with Crippen LogP contribution in [0.3, 0.4) is 0 Å². The van der Waals surface area contributed by atoms with Crippen LogP contribution in [0.1, 0.15) is 52.4 Å². The first-order valence-electron chi connectivity index (χ1n) is 6.60. The van der Waals surface area contributed by atoms with Crippen LogP contribution in [0.2, 0.25) is 0 Å². The molecule has 0 aromatic rings. The first kappa shape index (κ1) is 12.3. The molecule has 0 radical (unpaired) electrons. The van der Waals surface area contributed by atoms with Crippen LogP contribution in [0.25, 0.3) is 0 Å². The van der Waals surface area contributed by atoms with Crippen LogP contribution in [0.15, 0.2) is 0 Å². The van der Waals surface area contributed by atoms with Crippen LogP contribution < -0.4 is 0 Å². The molecule has 3 heteroatoms. The van der Waals surface area contributed by atoms with Crippen molar-refractivity contribution in [3.8, 4) is 0 Å². The highest BCUT2D eigenvalue weighted by molar-refractivity contribution is 4.87. The minimum atomic E-state index is -0.368. The maximum atomic E-state index is 9.51. The summed E-state index contributed by atoms with van der Waals surface area (Å²) in [7, 11) is 0. The first-order valence-corrected chi connectivity index (χ1v) is 6.60. The summed E-state index contributed by atoms with van der Waals surface area (Å²) in [4.78, 5) is 0. The summed E-state index contributed by atoms with van der Waals surface area (Å²) in [6.07, 6.45) is 5.39. The molecule has 1 spiro atoms. The molecule has 0 aromatic heterocycles. The summed E-state index contributed by atoms with van der Waals surface area (Å²) in [6, 6.07) is 0. The molecule has 2 aliphatic rings. The van der Waals surface area contributed by atoms with Crippen molar-refractivity contribution in [1.29, 1.82) is 0 Å². The van der Waals surface area contributed by atoms with Gasteiger partial charge in [0.1, 0.15) is 0 Å². The number of hydrogen-bond donors (Lipinski definition) is 1. The van der Waals surface area contributed by atoms with Crippen molar-refractivity contribution >= 4 is 0 Å². The molecule has 0 atom stereocenters. The second-order valence-electron chi connectivity index (χ2n) is 5.43. The van der Waals surface area contributed by atoms with Crippen molar-refractivity contribution in [2.75, 3.05) is 13.2 Å². The molecule has 1 aliphatic heterocycles. The lowest BCUT2D eigenvalue weighted by Gasteiger charge is -2.48. The largest absolute Gasteiger partial charge is 0.393 e. The van der Waals surface area contributed by atoms with Crippen molar-refractivity contribution in [2.24, 2.45) is 5.41 Å². The maximum absolute atomic E-state index is 9.51. The van der Waals surface area contributed by atoms with Crippen molar-refractivity contribution < 1.29 is 14.6 Å². The van der Waals surface area contributed by atoms with E-state index >= 15 is 0 Å². The Bertz CT molecular complexity index is 215. The van der Waals surface area contributed by atoms with Crippen LogP contribution in [0.4, 0.5) is 0 Å². The minimum Gasteiger partial charge on any atom is -0.393 e. The fraction of sp³-hybridized carbons (Fsp3) is 1.00. The summed E-state index contributed by atoms with van der Waals surface area (Å²) < 4.78 is 12.0. The van der Waals surface area contributed by atoms with Crippen LogP contribution in [-0.2, 0) is 9.47 Å². The zero-order chi connectivity index (χ0) is 11.6. The summed E-state index contributed by atoms with van der Waals surface area (Å²) in [5, 5.41) is 9.51. The lowest BCUT2D eigenvalue weighted by atomic mass is 9.82. The molecular weight excluding hydrogens is 204 g/mol. The zero-order valence-corrected chi connectivity index (χ0v) is 10.5. The molecule has 1 saturated carbocycles. The van der Waals surface area contributed by atoms with Gasteiger partial charge in [-0.1, -0.05) is 13.8 Å². The van der Waals surface area contributed by atoms with Gasteiger partial charge in [0.25, 0.3) is 0 Å². The SMILES string of the molecule is CCC1(CC)COC2(CCC(O)CC2)OC1. The Morgan fingerprint density at radius 1 is 1.06 bits per heavy atom. The molecule has 16 heavy (non-hydrogen) atoms. The third kappa shape index (κ3) is 2.27. The van der Waals surface area contributed by atoms with Gasteiger partial charge in [0.2, 0.25) is 0 Å². The standard InChI is InChI=1S/C13H24O3/c1-3-12(4-2)9-15-13(16-10-12)7-5-11(14)6-8-13/h11,14H,3-10H2,1-2H3. The van der Waals surface area contributed by atoms with E-state index in [2.05, 4.69) is 13.8 Å². The Hall–Kier alpha value is -0.120. The Labute approximate surface area is 98.1 Å². The molecule has 1 N–H and O–H groups in total. The van der Waals surface area contributed by atoms with Crippen molar-refractivity contribution in [3.63, 3.8) is 0 Å². The third-order valence-corrected chi connectivity index (χ3v) is 4.50. The molecule has 3 nitrogen and oxygen atoms in total. The Morgan fingerprint density at radius 3 is 2.00 bits per heavy atom. The van der Waals surface area contributed by atoms with Gasteiger partial charge in [0.05, 0.1) is 19.3 Å². The van der Waals surface area contributed by atoms with Gasteiger partial charge in [-0.3, -0.25) is 0 Å². The summed E-state index contributed by atoms with van der Waals surface area (Å²) in [6.45, 7) is 6.05. The lowest BCUT2D eigenvalue weighted by molar-refractivity contribution is -0.319. The highest BCUT2D eigenvalue weighted by atomic mass is 16.7. The Morgan fingerprint density at radius 2 is 1.56 bits per heavy atom. The van der Waals surface area contributed by atoms with Gasteiger partial charge in [-0.2, -0.15) is 0 Å². The lowest BCUT2D eigenvalue weighted by Crippen LogP contribution is -2.51. The molecule has 1 aliphatic carbocycles. The molecule has 0 bridgehead atoms. The summed E-state index contributed by atoms with van der Waals surface area (Å²) >= 11 is 0. The van der Waals surface area contributed by atoms with Gasteiger partial charge >= 0.3 is 0 Å². The monoisotopic (exact) mass is 228 g/mol. The van der Waals surface area contributed by atoms with E-state index in [1.165, 1.54) is 0 Å². The molecule has 0 amide bonds. The second-order valence-corrected chi connectivity index (χ2v) is 5.43. The molecule has 2 rings (SSSR count). The molecule has 2 fully saturated rings. The Kier molecular flexibility index (Phi) is 3.57. The molecular formula is C13H24O3. The number of aliphatic hydroxyl groups excluding tert-OH is 1. The smallest absolute Gasteiger partial charge is 0.168 e. The minimum absolute atomic E-state index is 0.151. The van der Waals surface area contributed by atoms with Crippen LogP contribution in [-0.4, -0.2) is 30.2 Å². The van der Waals surface area contributed by atoms with Gasteiger partial charge in [-0.15, -0.1) is 0 Å². The zero-order valence-electron chi connectivity index (χ0n) is 10.5. The summed E-state index contributed by atoms with van der Waals surface area (Å²) in [5.74, 6) is -0.368. The molecule has 0 unspecified atom stereocenters. The van der Waals surface area contributed by atoms with E-state index in [4.69, 9.17) is 9.47 Å². The van der Waals surface area contributed by atoms with E-state index in [1.54, 1.807) is 0 Å². The van der Waals surface area contributed by atoms with Crippen molar-refractivity contribution in [3.05, 3.63) is 0 Å². The van der Waals surface area contributed by atoms with Crippen molar-refractivity contribution in [1.82, 2.24) is 0 Å². The fourth-order valence-electron chi connectivity index (χ4n) is 2.64. The number of rotatable bonds is 2. The first-order chi connectivity index (χ1) is 7.64. The van der Waals surface area contributed by atoms with Crippen molar-refractivity contribution in [2.45, 2.75) is 64.3 Å². The van der Waals surface area contributed by atoms with E-state index in [9.17, 15) is 5.11 Å². The topological polar surface area (TPSA) is 38.7 Å². The highest BCUT2D eigenvalue weighted by Crippen LogP contribution is 2.41. The molecule has 0 aromatic carbocycles. The van der Waals surface area contributed by atoms with Gasteiger partial charge in [-0.25, -0.2) is 0 Å². The molecule has 1 heterocycles. The van der Waals surface area contributed by atoms with Gasteiger partial charge in [0, 0.05) is 18.3 Å². The van der Waals surface area contributed by atoms with Crippen LogP contribution in [0.5, 0.6) is 0 Å². The van der Waals surface area contributed by atoms with E-state index in [1.807, 2.05) is 0 Å². The van der Waals surface area contributed by atoms with Gasteiger partial charge in [0.15, 0.2) is 5.79 Å². The van der Waals surface area contributed by atoms with Crippen LogP contribution in [0, 0.1) is 5.41 Å². The normalized spacial score (nSPS) is 29.4. The fourth-order valence-corrected chi connectivity index (χ4v) is 2.64. The summed E-state index contributed by atoms with van der Waals surface area (Å²) in [5.41, 5.74) is 0.224. The molecule has 1 saturated heterocycles. The number of ether oxygens (including phenoxy) is 2. The quantitative estimate of drug-likeness (QED) is 0.789. The van der Waals surface area contributed by atoms with E-state index in [-0.39, 0.29) is 17.3 Å². The predicted octanol–water partition coefficient (Wildman–Crippen LogP) is 2.47. The highest BCUT2D eigenvalue weighted by Gasteiger charge is 2.44. The third-order valence-electron chi connectivity index (χ3n) is 4.50. The Balaban J connectivity index is 1.93.